The zero-order valence-corrected chi connectivity index (χ0v) is 4.68. The quantitative estimate of drug-likeness (QED) is 0.323. The Labute approximate surface area is 51.9 Å². The van der Waals surface area contributed by atoms with Gasteiger partial charge in [0.25, 0.3) is 0 Å². The van der Waals surface area contributed by atoms with Gasteiger partial charge in [0.05, 0.1) is 6.34 Å². The Balaban J connectivity index is 2.95. The summed E-state index contributed by atoms with van der Waals surface area (Å²) in [4.78, 5) is 3.69. The van der Waals surface area contributed by atoms with Gasteiger partial charge in [-0.3, -0.25) is 5.41 Å². The topological polar surface area (TPSA) is 100 Å². The van der Waals surface area contributed by atoms with Crippen molar-refractivity contribution < 1.29 is 0 Å². The van der Waals surface area contributed by atoms with Crippen molar-refractivity contribution in [3.05, 3.63) is 11.5 Å². The molecule has 9 heavy (non-hydrogen) atoms. The van der Waals surface area contributed by atoms with Gasteiger partial charge in [0, 0.05) is 0 Å². The molecule has 1 aliphatic rings. The van der Waals surface area contributed by atoms with Crippen LogP contribution in [-0.2, 0) is 0 Å². The van der Waals surface area contributed by atoms with E-state index in [1.54, 1.807) is 0 Å². The van der Waals surface area contributed by atoms with E-state index in [9.17, 15) is 0 Å². The zero-order chi connectivity index (χ0) is 6.85. The van der Waals surface area contributed by atoms with Gasteiger partial charge in [0.2, 0.25) is 0 Å². The van der Waals surface area contributed by atoms with Crippen LogP contribution in [0.3, 0.4) is 0 Å². The number of aliphatic imine (C=N–C) groups is 1. The first-order valence-electron chi connectivity index (χ1n) is 2.35. The lowest BCUT2D eigenvalue weighted by atomic mass is 10.4. The van der Waals surface area contributed by atoms with Crippen molar-refractivity contribution in [2.45, 2.75) is 0 Å². The molecular weight excluding hydrogens is 118 g/mol. The third kappa shape index (κ3) is 0.835. The van der Waals surface area contributed by atoms with E-state index in [-0.39, 0.29) is 11.7 Å². The predicted molar refractivity (Wildman–Crippen MR) is 34.8 cm³/mol. The minimum absolute atomic E-state index is 0.0706. The second-order valence-corrected chi connectivity index (χ2v) is 1.58. The van der Waals surface area contributed by atoms with E-state index in [0.717, 1.165) is 0 Å². The summed E-state index contributed by atoms with van der Waals surface area (Å²) in [5.74, 6) is 0.219. The van der Waals surface area contributed by atoms with Crippen LogP contribution in [0.25, 0.3) is 0 Å². The van der Waals surface area contributed by atoms with E-state index < -0.39 is 0 Å². The van der Waals surface area contributed by atoms with Crippen molar-refractivity contribution in [2.24, 2.45) is 16.5 Å². The maximum absolute atomic E-state index is 7.08. The third-order valence-electron chi connectivity index (χ3n) is 0.913. The number of nitrogens with zero attached hydrogens (tertiary/aromatic N) is 1. The van der Waals surface area contributed by atoms with Gasteiger partial charge in [-0.15, -0.1) is 0 Å². The van der Waals surface area contributed by atoms with Crippen LogP contribution < -0.4 is 16.8 Å². The standard InChI is InChI=1S/C4H7N5/c5-3(6)2-4(7)9-1-8-2/h1H,5-6H2,(H2,7,8,9). The highest BCUT2D eigenvalue weighted by molar-refractivity contribution is 6.07. The van der Waals surface area contributed by atoms with Gasteiger partial charge in [-0.2, -0.15) is 0 Å². The van der Waals surface area contributed by atoms with Gasteiger partial charge in [-0.25, -0.2) is 4.99 Å². The van der Waals surface area contributed by atoms with E-state index in [2.05, 4.69) is 10.3 Å². The molecule has 0 saturated heterocycles. The van der Waals surface area contributed by atoms with E-state index in [0.29, 0.717) is 5.70 Å². The highest BCUT2D eigenvalue weighted by Gasteiger charge is 2.09. The summed E-state index contributed by atoms with van der Waals surface area (Å²) < 4.78 is 0. The molecule has 0 aromatic carbocycles. The van der Waals surface area contributed by atoms with Gasteiger partial charge >= 0.3 is 0 Å². The average Bonchev–Trinajstić information content (AvgIpc) is 2.13. The first-order chi connectivity index (χ1) is 4.22. The fourth-order valence-corrected chi connectivity index (χ4v) is 0.513. The molecule has 0 atom stereocenters. The Morgan fingerprint density at radius 2 is 2.33 bits per heavy atom. The molecule has 6 N–H and O–H groups in total. The van der Waals surface area contributed by atoms with Crippen LogP contribution in [0, 0.1) is 5.41 Å². The molecule has 0 saturated carbocycles. The zero-order valence-electron chi connectivity index (χ0n) is 4.68. The summed E-state index contributed by atoms with van der Waals surface area (Å²) in [6.45, 7) is 0. The molecular formula is C4H7N5. The molecule has 48 valence electrons. The molecule has 0 fully saturated rings. The molecule has 0 aromatic rings. The molecule has 0 unspecified atom stereocenters. The van der Waals surface area contributed by atoms with Crippen molar-refractivity contribution in [3.63, 3.8) is 0 Å². The first kappa shape index (κ1) is 5.61. The van der Waals surface area contributed by atoms with E-state index in [4.69, 9.17) is 16.9 Å². The van der Waals surface area contributed by atoms with E-state index >= 15 is 0 Å². The molecule has 1 heterocycles. The van der Waals surface area contributed by atoms with E-state index in [1.807, 2.05) is 0 Å². The molecule has 5 nitrogen and oxygen atoms in total. The lowest BCUT2D eigenvalue weighted by Crippen LogP contribution is -2.20. The lowest BCUT2D eigenvalue weighted by Gasteiger charge is -1.94. The van der Waals surface area contributed by atoms with Gasteiger partial charge < -0.3 is 16.8 Å². The molecule has 0 spiro atoms. The van der Waals surface area contributed by atoms with Crippen LogP contribution in [-0.4, -0.2) is 12.2 Å². The van der Waals surface area contributed by atoms with Crippen molar-refractivity contribution in [1.29, 1.82) is 5.41 Å². The largest absolute Gasteiger partial charge is 0.384 e. The number of amidine groups is 1. The van der Waals surface area contributed by atoms with Crippen LogP contribution in [0.5, 0.6) is 0 Å². The summed E-state index contributed by atoms with van der Waals surface area (Å²) >= 11 is 0. The van der Waals surface area contributed by atoms with Gasteiger partial charge in [0.15, 0.2) is 5.84 Å². The van der Waals surface area contributed by atoms with Crippen molar-refractivity contribution >= 4 is 12.2 Å². The number of rotatable bonds is 0. The smallest absolute Gasteiger partial charge is 0.153 e. The maximum Gasteiger partial charge on any atom is 0.153 e. The van der Waals surface area contributed by atoms with Crippen LogP contribution in [0.1, 0.15) is 0 Å². The third-order valence-corrected chi connectivity index (χ3v) is 0.913. The first-order valence-corrected chi connectivity index (χ1v) is 2.35. The Morgan fingerprint density at radius 1 is 1.67 bits per heavy atom. The predicted octanol–water partition coefficient (Wildman–Crippen LogP) is -1.32. The van der Waals surface area contributed by atoms with Crippen LogP contribution in [0.4, 0.5) is 0 Å². The van der Waals surface area contributed by atoms with Crippen molar-refractivity contribution in [3.8, 4) is 0 Å². The average molecular weight is 125 g/mol. The minimum Gasteiger partial charge on any atom is -0.384 e. The SMILES string of the molecule is N=C1NC=NC1=C(N)N. The Morgan fingerprint density at radius 3 is 2.56 bits per heavy atom. The summed E-state index contributed by atoms with van der Waals surface area (Å²) in [5, 5.41) is 9.61. The van der Waals surface area contributed by atoms with Gasteiger partial charge in [-0.1, -0.05) is 0 Å². The second-order valence-electron chi connectivity index (χ2n) is 1.58. The summed E-state index contributed by atoms with van der Waals surface area (Å²) in [6.07, 6.45) is 1.37. The second kappa shape index (κ2) is 1.77. The molecule has 1 rings (SSSR count). The summed E-state index contributed by atoms with van der Waals surface area (Å²) in [6, 6.07) is 0. The highest BCUT2D eigenvalue weighted by atomic mass is 15.1. The molecule has 0 radical (unpaired) electrons. The summed E-state index contributed by atoms with van der Waals surface area (Å²) in [7, 11) is 0. The minimum atomic E-state index is 0.0706. The Hall–Kier alpha value is -1.52. The number of hydrogen-bond acceptors (Lipinski definition) is 4. The highest BCUT2D eigenvalue weighted by Crippen LogP contribution is 2.00. The molecule has 1 aliphatic heterocycles. The Kier molecular flexibility index (Phi) is 1.11. The number of nitrogens with two attached hydrogens (primary N) is 2. The number of nitrogens with one attached hydrogen (secondary N) is 2. The van der Waals surface area contributed by atoms with Crippen LogP contribution in [0.2, 0.25) is 0 Å². The molecule has 0 amide bonds. The van der Waals surface area contributed by atoms with Crippen molar-refractivity contribution in [1.82, 2.24) is 5.32 Å². The molecule has 0 bridgehead atoms. The monoisotopic (exact) mass is 125 g/mol. The molecule has 0 aliphatic carbocycles. The Bertz CT molecular complexity index is 197. The molecule has 5 heteroatoms. The fourth-order valence-electron chi connectivity index (χ4n) is 0.513. The van der Waals surface area contributed by atoms with Crippen LogP contribution >= 0.6 is 0 Å². The van der Waals surface area contributed by atoms with Gasteiger partial charge in [0.1, 0.15) is 11.5 Å². The van der Waals surface area contributed by atoms with E-state index in [1.165, 1.54) is 6.34 Å². The lowest BCUT2D eigenvalue weighted by molar-refractivity contribution is 1.18. The van der Waals surface area contributed by atoms with Crippen LogP contribution in [0.15, 0.2) is 16.5 Å². The van der Waals surface area contributed by atoms with Gasteiger partial charge in [-0.05, 0) is 0 Å². The summed E-state index contributed by atoms with van der Waals surface area (Å²) in [5.41, 5.74) is 10.6. The fraction of sp³-hybridized carbons (Fsp3) is 0. The molecule has 0 aromatic heterocycles. The number of hydrogen-bond donors (Lipinski definition) is 4. The van der Waals surface area contributed by atoms with Crippen molar-refractivity contribution in [2.75, 3.05) is 0 Å². The normalized spacial score (nSPS) is 16.0. The maximum atomic E-state index is 7.08.